The van der Waals surface area contributed by atoms with E-state index in [1.807, 2.05) is 12.2 Å². The minimum absolute atomic E-state index is 0.0176. The zero-order valence-electron chi connectivity index (χ0n) is 10.5. The lowest BCUT2D eigenvalue weighted by Crippen LogP contribution is -2.22. The predicted molar refractivity (Wildman–Crippen MR) is 75.0 cm³/mol. The van der Waals surface area contributed by atoms with Gasteiger partial charge in [0.05, 0.1) is 16.9 Å². The van der Waals surface area contributed by atoms with Gasteiger partial charge in [0.15, 0.2) is 0 Å². The Kier molecular flexibility index (Phi) is 3.10. The van der Waals surface area contributed by atoms with Crippen molar-refractivity contribution in [3.05, 3.63) is 46.5 Å². The predicted octanol–water partition coefficient (Wildman–Crippen LogP) is 2.28. The molecule has 0 radical (unpaired) electrons. The first kappa shape index (κ1) is 12.9. The van der Waals surface area contributed by atoms with E-state index in [1.165, 1.54) is 6.07 Å². The van der Waals surface area contributed by atoms with E-state index in [1.54, 1.807) is 18.2 Å². The van der Waals surface area contributed by atoms with Crippen LogP contribution in [0.1, 0.15) is 12.0 Å². The number of hydrogen-bond acceptors (Lipinski definition) is 3. The fourth-order valence-electron chi connectivity index (χ4n) is 2.65. The summed E-state index contributed by atoms with van der Waals surface area (Å²) in [6.45, 7) is 0. The number of allylic oxidation sites excluding steroid dienone is 1. The molecule has 0 aromatic heterocycles. The van der Waals surface area contributed by atoms with E-state index in [0.717, 1.165) is 11.1 Å². The van der Waals surface area contributed by atoms with Crippen molar-refractivity contribution in [1.29, 1.82) is 0 Å². The molecule has 20 heavy (non-hydrogen) atoms. The highest BCUT2D eigenvalue weighted by atomic mass is 35.5. The number of aromatic hydroxyl groups is 1. The molecular formula is C15H12ClNO3. The molecule has 3 rings (SSSR count). The Morgan fingerprint density at radius 3 is 2.85 bits per heavy atom. The summed E-state index contributed by atoms with van der Waals surface area (Å²) in [5, 5.41) is 12.0. The lowest BCUT2D eigenvalue weighted by molar-refractivity contribution is -0.125. The molecule has 2 atom stereocenters. The summed E-state index contributed by atoms with van der Waals surface area (Å²) in [4.78, 5) is 23.5. The molecule has 102 valence electrons. The summed E-state index contributed by atoms with van der Waals surface area (Å²) in [5.41, 5.74) is 1.67. The van der Waals surface area contributed by atoms with Gasteiger partial charge in [-0.15, -0.1) is 0 Å². The minimum Gasteiger partial charge on any atom is -0.506 e. The molecule has 2 N–H and O–H groups in total. The van der Waals surface area contributed by atoms with Crippen molar-refractivity contribution in [2.75, 3.05) is 0 Å². The van der Waals surface area contributed by atoms with Gasteiger partial charge in [0, 0.05) is 0 Å². The van der Waals surface area contributed by atoms with Crippen LogP contribution in [-0.4, -0.2) is 16.9 Å². The van der Waals surface area contributed by atoms with Gasteiger partial charge in [-0.05, 0) is 24.1 Å². The standard InChI is InChI=1S/C15H12ClNO3/c16-11-7-8(4-5-12(11)18)6-9-2-1-3-10-13(9)15(20)17-14(10)19/h1,3-7,10,13,18H,2H2,(H,17,19,20)/b9-6+. The van der Waals surface area contributed by atoms with Crippen LogP contribution in [0.25, 0.3) is 6.08 Å². The molecule has 4 nitrogen and oxygen atoms in total. The number of amides is 2. The topological polar surface area (TPSA) is 66.4 Å². The van der Waals surface area contributed by atoms with Crippen LogP contribution in [0.15, 0.2) is 35.9 Å². The maximum Gasteiger partial charge on any atom is 0.234 e. The summed E-state index contributed by atoms with van der Waals surface area (Å²) in [6.07, 6.45) is 6.16. The Morgan fingerprint density at radius 2 is 2.10 bits per heavy atom. The van der Waals surface area contributed by atoms with Crippen LogP contribution in [0, 0.1) is 11.8 Å². The Morgan fingerprint density at radius 1 is 1.30 bits per heavy atom. The number of hydrogen-bond donors (Lipinski definition) is 2. The molecule has 1 aliphatic heterocycles. The Balaban J connectivity index is 1.98. The second-order valence-corrected chi connectivity index (χ2v) is 5.33. The fraction of sp³-hybridized carbons (Fsp3) is 0.200. The normalized spacial score (nSPS) is 26.8. The van der Waals surface area contributed by atoms with Crippen LogP contribution in [0.2, 0.25) is 5.02 Å². The molecule has 5 heteroatoms. The molecule has 0 saturated carbocycles. The molecule has 0 bridgehead atoms. The van der Waals surface area contributed by atoms with Crippen molar-refractivity contribution >= 4 is 29.5 Å². The number of rotatable bonds is 1. The Labute approximate surface area is 120 Å². The van der Waals surface area contributed by atoms with Gasteiger partial charge in [0.1, 0.15) is 5.75 Å². The summed E-state index contributed by atoms with van der Waals surface area (Å²) in [7, 11) is 0. The molecule has 0 spiro atoms. The number of benzene rings is 1. The van der Waals surface area contributed by atoms with E-state index >= 15 is 0 Å². The van der Waals surface area contributed by atoms with Crippen LogP contribution in [0.4, 0.5) is 0 Å². The first-order valence-electron chi connectivity index (χ1n) is 6.26. The SMILES string of the molecule is O=C1NC(=O)C2/C(=C/c3ccc(O)c(Cl)c3)CC=CC12. The van der Waals surface area contributed by atoms with Crippen LogP contribution in [0.5, 0.6) is 5.75 Å². The van der Waals surface area contributed by atoms with Crippen molar-refractivity contribution in [1.82, 2.24) is 5.32 Å². The van der Waals surface area contributed by atoms with Gasteiger partial charge in [-0.1, -0.05) is 41.5 Å². The maximum absolute atomic E-state index is 11.9. The summed E-state index contributed by atoms with van der Waals surface area (Å²) in [6, 6.07) is 4.85. The highest BCUT2D eigenvalue weighted by molar-refractivity contribution is 6.32. The number of carbonyl (C=O) groups excluding carboxylic acids is 2. The van der Waals surface area contributed by atoms with E-state index in [-0.39, 0.29) is 22.6 Å². The average Bonchev–Trinajstić information content (AvgIpc) is 2.71. The lowest BCUT2D eigenvalue weighted by atomic mass is 9.81. The third-order valence-corrected chi connectivity index (χ3v) is 3.91. The second kappa shape index (κ2) is 4.80. The zero-order chi connectivity index (χ0) is 14.3. The van der Waals surface area contributed by atoms with Crippen LogP contribution in [0.3, 0.4) is 0 Å². The molecule has 2 amide bonds. The monoisotopic (exact) mass is 289 g/mol. The van der Waals surface area contributed by atoms with E-state index in [2.05, 4.69) is 5.32 Å². The smallest absolute Gasteiger partial charge is 0.234 e. The van der Waals surface area contributed by atoms with Crippen molar-refractivity contribution < 1.29 is 14.7 Å². The molecule has 2 aliphatic rings. The number of nitrogens with one attached hydrogen (secondary N) is 1. The van der Waals surface area contributed by atoms with Crippen LogP contribution in [-0.2, 0) is 9.59 Å². The zero-order valence-corrected chi connectivity index (χ0v) is 11.2. The van der Waals surface area contributed by atoms with Crippen LogP contribution >= 0.6 is 11.6 Å². The average molecular weight is 290 g/mol. The van der Waals surface area contributed by atoms with Gasteiger partial charge in [0.25, 0.3) is 0 Å². The molecule has 1 aromatic carbocycles. The third-order valence-electron chi connectivity index (χ3n) is 3.61. The molecule has 1 aromatic rings. The van der Waals surface area contributed by atoms with Gasteiger partial charge in [-0.3, -0.25) is 14.9 Å². The van der Waals surface area contributed by atoms with E-state index < -0.39 is 11.8 Å². The molecule has 1 saturated heterocycles. The van der Waals surface area contributed by atoms with Crippen molar-refractivity contribution in [3.8, 4) is 5.75 Å². The number of phenolic OH excluding ortho intramolecular Hbond substituents is 1. The first-order valence-corrected chi connectivity index (χ1v) is 6.64. The highest BCUT2D eigenvalue weighted by Gasteiger charge is 2.43. The number of halogens is 1. The second-order valence-electron chi connectivity index (χ2n) is 4.92. The molecule has 1 fully saturated rings. The fourth-order valence-corrected chi connectivity index (χ4v) is 2.84. The van der Waals surface area contributed by atoms with Gasteiger partial charge < -0.3 is 5.11 Å². The Hall–Kier alpha value is -2.07. The third kappa shape index (κ3) is 2.12. The highest BCUT2D eigenvalue weighted by Crippen LogP contribution is 2.35. The summed E-state index contributed by atoms with van der Waals surface area (Å²) >= 11 is 5.87. The maximum atomic E-state index is 11.9. The van der Waals surface area contributed by atoms with Crippen molar-refractivity contribution in [2.24, 2.45) is 11.8 Å². The van der Waals surface area contributed by atoms with Crippen LogP contribution < -0.4 is 5.32 Å². The van der Waals surface area contributed by atoms with E-state index in [9.17, 15) is 14.7 Å². The molecule has 2 unspecified atom stereocenters. The number of fused-ring (bicyclic) bond motifs is 1. The first-order chi connectivity index (χ1) is 9.56. The quantitative estimate of drug-likeness (QED) is 0.616. The van der Waals surface area contributed by atoms with Crippen molar-refractivity contribution in [3.63, 3.8) is 0 Å². The van der Waals surface area contributed by atoms with Crippen molar-refractivity contribution in [2.45, 2.75) is 6.42 Å². The Bertz CT molecular complexity index is 663. The summed E-state index contributed by atoms with van der Waals surface area (Å²) < 4.78 is 0. The molecule has 1 aliphatic carbocycles. The van der Waals surface area contributed by atoms with Gasteiger partial charge in [-0.2, -0.15) is 0 Å². The van der Waals surface area contributed by atoms with Gasteiger partial charge in [0.2, 0.25) is 11.8 Å². The van der Waals surface area contributed by atoms with Gasteiger partial charge >= 0.3 is 0 Å². The number of phenols is 1. The number of imide groups is 1. The van der Waals surface area contributed by atoms with E-state index in [4.69, 9.17) is 11.6 Å². The van der Waals surface area contributed by atoms with Gasteiger partial charge in [-0.25, -0.2) is 0 Å². The minimum atomic E-state index is -0.430. The van der Waals surface area contributed by atoms with E-state index in [0.29, 0.717) is 6.42 Å². The lowest BCUT2D eigenvalue weighted by Gasteiger charge is -2.19. The molecule has 1 heterocycles. The largest absolute Gasteiger partial charge is 0.506 e. The molecular weight excluding hydrogens is 278 g/mol. The number of carbonyl (C=O) groups is 2. The summed E-state index contributed by atoms with van der Waals surface area (Å²) in [5.74, 6) is -1.31.